The standard InChI is InChI=1S/C15H20INO3/c1-10(2)9-15(20,12-5-3-4-6-13(12)16)17(14(18)19)11-7-8-11/h3-6,10-11,20H,7-9H2,1-2H3,(H,18,19)/t15-/m0/s1. The summed E-state index contributed by atoms with van der Waals surface area (Å²) in [5.74, 6) is 0.191. The molecule has 4 nitrogen and oxygen atoms in total. The van der Waals surface area contributed by atoms with Crippen LogP contribution < -0.4 is 0 Å². The van der Waals surface area contributed by atoms with Crippen molar-refractivity contribution >= 4 is 28.7 Å². The van der Waals surface area contributed by atoms with Crippen LogP contribution in [0.25, 0.3) is 0 Å². The largest absolute Gasteiger partial charge is 0.465 e. The average Bonchev–Trinajstić information content (AvgIpc) is 3.12. The Bertz CT molecular complexity index is 502. The van der Waals surface area contributed by atoms with Crippen LogP contribution >= 0.6 is 22.6 Å². The lowest BCUT2D eigenvalue weighted by atomic mass is 9.91. The van der Waals surface area contributed by atoms with E-state index < -0.39 is 11.8 Å². The van der Waals surface area contributed by atoms with Gasteiger partial charge in [-0.15, -0.1) is 0 Å². The van der Waals surface area contributed by atoms with Gasteiger partial charge >= 0.3 is 6.09 Å². The van der Waals surface area contributed by atoms with E-state index in [-0.39, 0.29) is 12.0 Å². The van der Waals surface area contributed by atoms with E-state index in [0.29, 0.717) is 12.0 Å². The molecule has 1 fully saturated rings. The number of amides is 1. The number of aliphatic hydroxyl groups is 1. The number of carbonyl (C=O) groups is 1. The highest BCUT2D eigenvalue weighted by molar-refractivity contribution is 14.1. The zero-order chi connectivity index (χ0) is 14.9. The molecule has 1 saturated carbocycles. The molecular weight excluding hydrogens is 369 g/mol. The molecule has 1 aliphatic rings. The van der Waals surface area contributed by atoms with E-state index in [2.05, 4.69) is 22.6 Å². The highest BCUT2D eigenvalue weighted by Gasteiger charge is 2.48. The predicted molar refractivity (Wildman–Crippen MR) is 85.4 cm³/mol. The fourth-order valence-electron chi connectivity index (χ4n) is 2.64. The molecule has 110 valence electrons. The Balaban J connectivity index is 2.49. The second-order valence-corrected chi connectivity index (χ2v) is 6.94. The second-order valence-electron chi connectivity index (χ2n) is 5.78. The molecule has 0 heterocycles. The lowest BCUT2D eigenvalue weighted by Crippen LogP contribution is -2.51. The molecule has 1 aliphatic carbocycles. The molecule has 0 radical (unpaired) electrons. The van der Waals surface area contributed by atoms with Crippen LogP contribution in [0, 0.1) is 9.49 Å². The van der Waals surface area contributed by atoms with Crippen LogP contribution in [0.2, 0.25) is 0 Å². The summed E-state index contributed by atoms with van der Waals surface area (Å²) in [7, 11) is 0. The third-order valence-electron chi connectivity index (χ3n) is 3.51. The van der Waals surface area contributed by atoms with Crippen molar-refractivity contribution in [2.24, 2.45) is 5.92 Å². The van der Waals surface area contributed by atoms with Gasteiger partial charge in [0.25, 0.3) is 0 Å². The molecule has 0 aromatic heterocycles. The minimum absolute atomic E-state index is 0.0627. The first-order valence-corrected chi connectivity index (χ1v) is 7.93. The van der Waals surface area contributed by atoms with Gasteiger partial charge in [0.05, 0.1) is 0 Å². The Morgan fingerprint density at radius 1 is 1.45 bits per heavy atom. The summed E-state index contributed by atoms with van der Waals surface area (Å²) in [4.78, 5) is 12.9. The van der Waals surface area contributed by atoms with Crippen molar-refractivity contribution in [3.8, 4) is 0 Å². The third kappa shape index (κ3) is 3.09. The number of hydrogen-bond acceptors (Lipinski definition) is 2. The Labute approximate surface area is 132 Å². The first-order valence-electron chi connectivity index (χ1n) is 6.86. The third-order valence-corrected chi connectivity index (χ3v) is 4.46. The minimum atomic E-state index is -1.45. The molecule has 20 heavy (non-hydrogen) atoms. The quantitative estimate of drug-likeness (QED) is 0.597. The minimum Gasteiger partial charge on any atom is -0.465 e. The SMILES string of the molecule is CC(C)C[C@](O)(c1ccccc1I)N(C(=O)O)C1CC1. The number of carboxylic acid groups (broad SMARTS) is 1. The highest BCUT2D eigenvalue weighted by Crippen LogP contribution is 2.42. The van der Waals surface area contributed by atoms with Gasteiger partial charge < -0.3 is 10.2 Å². The van der Waals surface area contributed by atoms with Gasteiger partial charge in [-0.2, -0.15) is 0 Å². The normalized spacial score (nSPS) is 17.9. The number of nitrogens with zero attached hydrogens (tertiary/aromatic N) is 1. The van der Waals surface area contributed by atoms with Crippen LogP contribution in [0.1, 0.15) is 38.7 Å². The summed E-state index contributed by atoms with van der Waals surface area (Å²) >= 11 is 2.15. The van der Waals surface area contributed by atoms with E-state index in [4.69, 9.17) is 0 Å². The smallest absolute Gasteiger partial charge is 0.410 e. The zero-order valence-corrected chi connectivity index (χ0v) is 13.9. The van der Waals surface area contributed by atoms with Gasteiger partial charge in [-0.05, 0) is 47.4 Å². The summed E-state index contributed by atoms with van der Waals surface area (Å²) in [6, 6.07) is 7.39. The molecule has 1 amide bonds. The van der Waals surface area contributed by atoms with Crippen molar-refractivity contribution in [2.75, 3.05) is 0 Å². The Hall–Kier alpha value is -0.820. The predicted octanol–water partition coefficient (Wildman–Crippen LogP) is 3.62. The number of halogens is 1. The van der Waals surface area contributed by atoms with Crippen LogP contribution in [0.5, 0.6) is 0 Å². The van der Waals surface area contributed by atoms with E-state index >= 15 is 0 Å². The molecule has 0 aliphatic heterocycles. The summed E-state index contributed by atoms with van der Waals surface area (Å²) in [6.45, 7) is 3.99. The van der Waals surface area contributed by atoms with Crippen LogP contribution in [0.3, 0.4) is 0 Å². The van der Waals surface area contributed by atoms with Gasteiger partial charge in [0.2, 0.25) is 0 Å². The topological polar surface area (TPSA) is 60.8 Å². The second kappa shape index (κ2) is 5.89. The van der Waals surface area contributed by atoms with E-state index in [1.165, 1.54) is 4.90 Å². The lowest BCUT2D eigenvalue weighted by molar-refractivity contribution is -0.117. The fourth-order valence-corrected chi connectivity index (χ4v) is 3.46. The van der Waals surface area contributed by atoms with Gasteiger partial charge in [0.15, 0.2) is 5.72 Å². The van der Waals surface area contributed by atoms with Gasteiger partial charge in [-0.25, -0.2) is 4.79 Å². The van der Waals surface area contributed by atoms with Crippen molar-refractivity contribution in [3.05, 3.63) is 33.4 Å². The first kappa shape index (κ1) is 15.6. The molecule has 0 spiro atoms. The van der Waals surface area contributed by atoms with Crippen LogP contribution in [-0.2, 0) is 5.72 Å². The Kier molecular flexibility index (Phi) is 4.59. The molecule has 2 rings (SSSR count). The lowest BCUT2D eigenvalue weighted by Gasteiger charge is -2.40. The van der Waals surface area contributed by atoms with Gasteiger partial charge in [0.1, 0.15) is 0 Å². The average molecular weight is 389 g/mol. The monoisotopic (exact) mass is 389 g/mol. The molecule has 2 N–H and O–H groups in total. The summed E-state index contributed by atoms with van der Waals surface area (Å²) in [5.41, 5.74) is -0.762. The van der Waals surface area contributed by atoms with Crippen molar-refractivity contribution in [1.29, 1.82) is 0 Å². The molecule has 1 atom stereocenters. The van der Waals surface area contributed by atoms with Gasteiger partial charge in [0, 0.05) is 21.6 Å². The van der Waals surface area contributed by atoms with Crippen LogP contribution in [-0.4, -0.2) is 27.2 Å². The molecule has 1 aromatic carbocycles. The van der Waals surface area contributed by atoms with Crippen LogP contribution in [0.15, 0.2) is 24.3 Å². The van der Waals surface area contributed by atoms with E-state index in [1.807, 2.05) is 38.1 Å². The van der Waals surface area contributed by atoms with Gasteiger partial charge in [-0.3, -0.25) is 4.90 Å². The summed E-state index contributed by atoms with van der Waals surface area (Å²) in [5, 5.41) is 20.8. The Morgan fingerprint density at radius 2 is 2.05 bits per heavy atom. The van der Waals surface area contributed by atoms with E-state index in [1.54, 1.807) is 0 Å². The maximum absolute atomic E-state index is 11.7. The summed E-state index contributed by atoms with van der Waals surface area (Å²) in [6.07, 6.45) is 1.01. The highest BCUT2D eigenvalue weighted by atomic mass is 127. The van der Waals surface area contributed by atoms with Gasteiger partial charge in [-0.1, -0.05) is 32.0 Å². The number of rotatable bonds is 5. The van der Waals surface area contributed by atoms with Crippen molar-refractivity contribution < 1.29 is 15.0 Å². The number of benzene rings is 1. The van der Waals surface area contributed by atoms with Crippen LogP contribution in [0.4, 0.5) is 4.79 Å². The zero-order valence-electron chi connectivity index (χ0n) is 11.7. The Morgan fingerprint density at radius 3 is 2.50 bits per heavy atom. The van der Waals surface area contributed by atoms with Crippen molar-refractivity contribution in [3.63, 3.8) is 0 Å². The molecule has 0 bridgehead atoms. The van der Waals surface area contributed by atoms with Crippen molar-refractivity contribution in [2.45, 2.75) is 44.9 Å². The van der Waals surface area contributed by atoms with Crippen molar-refractivity contribution in [1.82, 2.24) is 4.90 Å². The maximum atomic E-state index is 11.7. The first-order chi connectivity index (χ1) is 9.36. The fraction of sp³-hybridized carbons (Fsp3) is 0.533. The molecule has 0 saturated heterocycles. The molecule has 5 heteroatoms. The maximum Gasteiger partial charge on any atom is 0.410 e. The number of hydrogen-bond donors (Lipinski definition) is 2. The molecule has 1 aromatic rings. The molecular formula is C15H20INO3. The molecule has 0 unspecified atom stereocenters. The van der Waals surface area contributed by atoms with E-state index in [0.717, 1.165) is 16.4 Å². The van der Waals surface area contributed by atoms with E-state index in [9.17, 15) is 15.0 Å². The summed E-state index contributed by atoms with van der Waals surface area (Å²) < 4.78 is 0.889.